The molecule has 0 N–H and O–H groups in total. The van der Waals surface area contributed by atoms with Crippen LogP contribution < -0.4 is 0 Å². The van der Waals surface area contributed by atoms with Crippen molar-refractivity contribution in [3.8, 4) is 11.3 Å². The van der Waals surface area contributed by atoms with Crippen LogP contribution in [0.1, 0.15) is 25.4 Å². The Balaban J connectivity index is 2.28. The van der Waals surface area contributed by atoms with E-state index >= 15 is 0 Å². The van der Waals surface area contributed by atoms with Gasteiger partial charge in [-0.05, 0) is 32.0 Å². The summed E-state index contributed by atoms with van der Waals surface area (Å²) < 4.78 is 0. The van der Waals surface area contributed by atoms with Crippen LogP contribution in [-0.4, -0.2) is 15.2 Å². The highest BCUT2D eigenvalue weighted by Crippen LogP contribution is 2.26. The van der Waals surface area contributed by atoms with Gasteiger partial charge in [0, 0.05) is 21.4 Å². The van der Waals surface area contributed by atoms with E-state index in [1.54, 1.807) is 0 Å². The van der Waals surface area contributed by atoms with Crippen LogP contribution in [0.15, 0.2) is 35.2 Å². The van der Waals surface area contributed by atoms with Crippen molar-refractivity contribution in [1.29, 1.82) is 0 Å². The summed E-state index contributed by atoms with van der Waals surface area (Å²) in [6.07, 6.45) is 0. The molecule has 2 rings (SSSR count). The van der Waals surface area contributed by atoms with Crippen molar-refractivity contribution >= 4 is 11.8 Å². The number of hydrogen-bond donors (Lipinski definition) is 0. The average Bonchev–Trinajstić information content (AvgIpc) is 2.27. The first-order valence-electron chi connectivity index (χ1n) is 6.14. The van der Waals surface area contributed by atoms with Crippen molar-refractivity contribution in [3.05, 3.63) is 41.9 Å². The molecule has 1 aromatic carbocycles. The van der Waals surface area contributed by atoms with Gasteiger partial charge in [0.15, 0.2) is 0 Å². The fourth-order valence-corrected chi connectivity index (χ4v) is 2.68. The lowest BCUT2D eigenvalue weighted by Gasteiger charge is -2.07. The molecule has 0 unspecified atom stereocenters. The van der Waals surface area contributed by atoms with Crippen molar-refractivity contribution in [2.75, 3.05) is 0 Å². The molecule has 2 nitrogen and oxygen atoms in total. The predicted molar refractivity (Wildman–Crippen MR) is 77.9 cm³/mol. The zero-order chi connectivity index (χ0) is 13.1. The first-order chi connectivity index (χ1) is 8.54. The topological polar surface area (TPSA) is 25.8 Å². The molecule has 1 heterocycles. The number of thioether (sulfide) groups is 1. The second-order valence-electron chi connectivity index (χ2n) is 4.63. The van der Waals surface area contributed by atoms with Crippen molar-refractivity contribution in [1.82, 2.24) is 9.97 Å². The van der Waals surface area contributed by atoms with E-state index in [1.807, 2.05) is 31.7 Å². The Labute approximate surface area is 113 Å². The second-order valence-corrected chi connectivity index (χ2v) is 6.28. The smallest absolute Gasteiger partial charge is 0.126 e. The maximum atomic E-state index is 4.48. The standard InChI is InChI=1S/C15H18N2S/c1-10(2)18-14-7-5-13(6-8-14)15-9-11(3)16-12(4)17-15/h5-10H,1-4H3. The van der Waals surface area contributed by atoms with Crippen LogP contribution >= 0.6 is 11.8 Å². The minimum Gasteiger partial charge on any atom is -0.239 e. The zero-order valence-corrected chi connectivity index (χ0v) is 12.1. The van der Waals surface area contributed by atoms with Gasteiger partial charge in [-0.1, -0.05) is 26.0 Å². The summed E-state index contributed by atoms with van der Waals surface area (Å²) in [5.41, 5.74) is 3.16. The molecule has 0 fully saturated rings. The monoisotopic (exact) mass is 258 g/mol. The molecule has 0 atom stereocenters. The van der Waals surface area contributed by atoms with E-state index in [9.17, 15) is 0 Å². The summed E-state index contributed by atoms with van der Waals surface area (Å²) >= 11 is 1.88. The molecule has 0 bridgehead atoms. The Hall–Kier alpha value is -1.35. The highest BCUT2D eigenvalue weighted by Gasteiger charge is 2.03. The summed E-state index contributed by atoms with van der Waals surface area (Å²) in [7, 11) is 0. The molecular formula is C15H18N2S. The molecule has 2 aromatic rings. The van der Waals surface area contributed by atoms with Gasteiger partial charge in [0.2, 0.25) is 0 Å². The van der Waals surface area contributed by atoms with Gasteiger partial charge in [-0.2, -0.15) is 0 Å². The molecule has 0 saturated heterocycles. The highest BCUT2D eigenvalue weighted by atomic mass is 32.2. The summed E-state index contributed by atoms with van der Waals surface area (Å²) in [6, 6.07) is 10.6. The van der Waals surface area contributed by atoms with Crippen molar-refractivity contribution in [3.63, 3.8) is 0 Å². The highest BCUT2D eigenvalue weighted by molar-refractivity contribution is 7.99. The zero-order valence-electron chi connectivity index (χ0n) is 11.3. The molecule has 0 amide bonds. The molecule has 3 heteroatoms. The van der Waals surface area contributed by atoms with E-state index in [1.165, 1.54) is 4.90 Å². The molecule has 1 aromatic heterocycles. The van der Waals surface area contributed by atoms with Crippen LogP contribution in [0.4, 0.5) is 0 Å². The molecule has 0 aliphatic heterocycles. The summed E-state index contributed by atoms with van der Waals surface area (Å²) in [4.78, 5) is 10.1. The molecule has 0 spiro atoms. The van der Waals surface area contributed by atoms with Crippen molar-refractivity contribution in [2.24, 2.45) is 0 Å². The number of rotatable bonds is 3. The molecule has 94 valence electrons. The third kappa shape index (κ3) is 3.33. The van der Waals surface area contributed by atoms with Crippen LogP contribution in [0.5, 0.6) is 0 Å². The van der Waals surface area contributed by atoms with E-state index in [-0.39, 0.29) is 0 Å². The van der Waals surface area contributed by atoms with Gasteiger partial charge >= 0.3 is 0 Å². The van der Waals surface area contributed by atoms with Crippen LogP contribution in [0, 0.1) is 13.8 Å². The minimum absolute atomic E-state index is 0.611. The number of nitrogens with zero attached hydrogens (tertiary/aromatic N) is 2. The Kier molecular flexibility index (Phi) is 4.02. The molecule has 0 radical (unpaired) electrons. The first kappa shape index (κ1) is 13.1. The predicted octanol–water partition coefficient (Wildman–Crippen LogP) is 4.26. The SMILES string of the molecule is Cc1cc(-c2ccc(SC(C)C)cc2)nc(C)n1. The van der Waals surface area contributed by atoms with E-state index in [0.717, 1.165) is 22.8 Å². The largest absolute Gasteiger partial charge is 0.239 e. The minimum atomic E-state index is 0.611. The van der Waals surface area contributed by atoms with E-state index in [0.29, 0.717) is 5.25 Å². The molecule has 0 aliphatic rings. The van der Waals surface area contributed by atoms with E-state index < -0.39 is 0 Å². The average molecular weight is 258 g/mol. The number of aromatic nitrogens is 2. The fraction of sp³-hybridized carbons (Fsp3) is 0.333. The Morgan fingerprint density at radius 1 is 1.00 bits per heavy atom. The first-order valence-corrected chi connectivity index (χ1v) is 7.02. The lowest BCUT2D eigenvalue weighted by atomic mass is 10.1. The third-order valence-corrected chi connectivity index (χ3v) is 3.50. The maximum Gasteiger partial charge on any atom is 0.126 e. The summed E-state index contributed by atoms with van der Waals surface area (Å²) in [5.74, 6) is 0.825. The van der Waals surface area contributed by atoms with Crippen molar-refractivity contribution in [2.45, 2.75) is 37.8 Å². The molecule has 18 heavy (non-hydrogen) atoms. The van der Waals surface area contributed by atoms with Crippen LogP contribution in [-0.2, 0) is 0 Å². The van der Waals surface area contributed by atoms with E-state index in [2.05, 4.69) is 48.1 Å². The van der Waals surface area contributed by atoms with Gasteiger partial charge in [-0.3, -0.25) is 0 Å². The Bertz CT molecular complexity index is 512. The van der Waals surface area contributed by atoms with Gasteiger partial charge in [0.05, 0.1) is 5.69 Å². The normalized spacial score (nSPS) is 10.9. The van der Waals surface area contributed by atoms with Crippen molar-refractivity contribution < 1.29 is 0 Å². The third-order valence-electron chi connectivity index (χ3n) is 2.49. The summed E-state index contributed by atoms with van der Waals surface area (Å²) in [6.45, 7) is 8.34. The van der Waals surface area contributed by atoms with Gasteiger partial charge in [-0.25, -0.2) is 9.97 Å². The Morgan fingerprint density at radius 3 is 2.22 bits per heavy atom. The summed E-state index contributed by atoms with van der Waals surface area (Å²) in [5, 5.41) is 0.611. The number of benzene rings is 1. The fourth-order valence-electron chi connectivity index (χ4n) is 1.84. The van der Waals surface area contributed by atoms with Gasteiger partial charge in [0.25, 0.3) is 0 Å². The number of aryl methyl sites for hydroxylation is 2. The molecular weight excluding hydrogens is 240 g/mol. The lowest BCUT2D eigenvalue weighted by Crippen LogP contribution is -1.93. The van der Waals surface area contributed by atoms with Gasteiger partial charge in [0.1, 0.15) is 5.82 Å². The maximum absolute atomic E-state index is 4.48. The number of hydrogen-bond acceptors (Lipinski definition) is 3. The van der Waals surface area contributed by atoms with Gasteiger partial charge < -0.3 is 0 Å². The van der Waals surface area contributed by atoms with Crippen LogP contribution in [0.2, 0.25) is 0 Å². The Morgan fingerprint density at radius 2 is 1.67 bits per heavy atom. The van der Waals surface area contributed by atoms with Crippen LogP contribution in [0.3, 0.4) is 0 Å². The molecule has 0 saturated carbocycles. The van der Waals surface area contributed by atoms with Crippen LogP contribution in [0.25, 0.3) is 11.3 Å². The lowest BCUT2D eigenvalue weighted by molar-refractivity contribution is 1.02. The van der Waals surface area contributed by atoms with E-state index in [4.69, 9.17) is 0 Å². The van der Waals surface area contributed by atoms with Gasteiger partial charge in [-0.15, -0.1) is 11.8 Å². The second kappa shape index (κ2) is 5.53. The molecule has 0 aliphatic carbocycles. The quantitative estimate of drug-likeness (QED) is 0.769.